The Hall–Kier alpha value is -5.18. The first-order valence-electron chi connectivity index (χ1n) is 13.8. The Morgan fingerprint density at radius 1 is 0.791 bits per heavy atom. The van der Waals surface area contributed by atoms with Gasteiger partial charge in [-0.1, -0.05) is 60.7 Å². The number of aliphatic carboxylic acids is 2. The zero-order chi connectivity index (χ0) is 30.6. The van der Waals surface area contributed by atoms with Crippen LogP contribution in [-0.4, -0.2) is 34.7 Å². The summed E-state index contributed by atoms with van der Waals surface area (Å²) in [6.07, 6.45) is 0.280. The van der Waals surface area contributed by atoms with E-state index in [1.165, 1.54) is 6.07 Å². The Morgan fingerprint density at radius 3 is 2.28 bits per heavy atom. The SMILES string of the molecule is O=C(O)CCCOc1cccc(COc2cc(C(=O)NCc3ccccc3)cc(-c3ccccc3F)c2)c1CCC(=O)O. The lowest BCUT2D eigenvalue weighted by Crippen LogP contribution is -2.22. The van der Waals surface area contributed by atoms with Gasteiger partial charge in [-0.3, -0.25) is 14.4 Å². The molecule has 4 aromatic rings. The van der Waals surface area contributed by atoms with E-state index in [0.717, 1.165) is 5.56 Å². The molecule has 8 nitrogen and oxygen atoms in total. The van der Waals surface area contributed by atoms with E-state index in [9.17, 15) is 23.9 Å². The highest BCUT2D eigenvalue weighted by Crippen LogP contribution is 2.30. The van der Waals surface area contributed by atoms with Gasteiger partial charge in [0, 0.05) is 36.1 Å². The van der Waals surface area contributed by atoms with Crippen LogP contribution >= 0.6 is 0 Å². The van der Waals surface area contributed by atoms with Crippen molar-refractivity contribution in [2.45, 2.75) is 38.8 Å². The third-order valence-corrected chi connectivity index (χ3v) is 6.66. The molecule has 0 aliphatic heterocycles. The summed E-state index contributed by atoms with van der Waals surface area (Å²) in [5.74, 6) is -1.93. The Bertz CT molecular complexity index is 1570. The van der Waals surface area contributed by atoms with E-state index in [1.807, 2.05) is 30.3 Å². The van der Waals surface area contributed by atoms with Gasteiger partial charge in [-0.2, -0.15) is 0 Å². The molecule has 0 unspecified atom stereocenters. The van der Waals surface area contributed by atoms with E-state index < -0.39 is 17.8 Å². The fourth-order valence-electron chi connectivity index (χ4n) is 4.51. The summed E-state index contributed by atoms with van der Waals surface area (Å²) in [6.45, 7) is 0.488. The minimum atomic E-state index is -0.976. The maximum absolute atomic E-state index is 14.7. The van der Waals surface area contributed by atoms with E-state index in [2.05, 4.69) is 5.32 Å². The number of rotatable bonds is 15. The van der Waals surface area contributed by atoms with Gasteiger partial charge in [0.15, 0.2) is 0 Å². The largest absolute Gasteiger partial charge is 0.493 e. The molecule has 4 rings (SSSR count). The highest BCUT2D eigenvalue weighted by Gasteiger charge is 2.16. The smallest absolute Gasteiger partial charge is 0.303 e. The topological polar surface area (TPSA) is 122 Å². The van der Waals surface area contributed by atoms with Crippen LogP contribution in [0.5, 0.6) is 11.5 Å². The van der Waals surface area contributed by atoms with Crippen molar-refractivity contribution < 1.29 is 38.5 Å². The van der Waals surface area contributed by atoms with Crippen molar-refractivity contribution in [3.8, 4) is 22.6 Å². The molecule has 1 amide bonds. The number of hydrogen-bond donors (Lipinski definition) is 3. The van der Waals surface area contributed by atoms with Crippen molar-refractivity contribution >= 4 is 17.8 Å². The zero-order valence-electron chi connectivity index (χ0n) is 23.4. The number of amides is 1. The summed E-state index contributed by atoms with van der Waals surface area (Å²) in [6, 6.07) is 25.8. The zero-order valence-corrected chi connectivity index (χ0v) is 23.4. The summed E-state index contributed by atoms with van der Waals surface area (Å²) in [7, 11) is 0. The van der Waals surface area contributed by atoms with Crippen molar-refractivity contribution in [2.75, 3.05) is 6.61 Å². The number of carboxylic acid groups (broad SMARTS) is 2. The first kappa shape index (κ1) is 30.8. The summed E-state index contributed by atoms with van der Waals surface area (Å²) >= 11 is 0. The molecule has 9 heteroatoms. The van der Waals surface area contributed by atoms with E-state index in [-0.39, 0.29) is 43.9 Å². The van der Waals surface area contributed by atoms with Crippen LogP contribution in [0.1, 0.15) is 46.3 Å². The number of halogens is 1. The first-order valence-corrected chi connectivity index (χ1v) is 13.8. The fourth-order valence-corrected chi connectivity index (χ4v) is 4.51. The van der Waals surface area contributed by atoms with Crippen LogP contribution in [0.3, 0.4) is 0 Å². The van der Waals surface area contributed by atoms with Crippen LogP contribution in [0.25, 0.3) is 11.1 Å². The molecule has 43 heavy (non-hydrogen) atoms. The first-order chi connectivity index (χ1) is 20.8. The highest BCUT2D eigenvalue weighted by molar-refractivity contribution is 5.96. The van der Waals surface area contributed by atoms with E-state index >= 15 is 0 Å². The molecule has 0 saturated heterocycles. The van der Waals surface area contributed by atoms with Crippen molar-refractivity contribution in [2.24, 2.45) is 0 Å². The molecule has 0 atom stereocenters. The Kier molecular flexibility index (Phi) is 10.9. The van der Waals surface area contributed by atoms with Gasteiger partial charge in [0.1, 0.15) is 23.9 Å². The van der Waals surface area contributed by atoms with Crippen LogP contribution in [0.4, 0.5) is 4.39 Å². The average molecular weight is 586 g/mol. The molecule has 0 saturated carbocycles. The quantitative estimate of drug-likeness (QED) is 0.141. The van der Waals surface area contributed by atoms with Gasteiger partial charge in [-0.15, -0.1) is 0 Å². The summed E-state index contributed by atoms with van der Waals surface area (Å²) in [5.41, 5.74) is 3.28. The fraction of sp³-hybridized carbons (Fsp3) is 0.206. The lowest BCUT2D eigenvalue weighted by atomic mass is 10.0. The second-order valence-electron chi connectivity index (χ2n) is 9.82. The Labute approximate surface area is 248 Å². The summed E-state index contributed by atoms with van der Waals surface area (Å²) in [4.78, 5) is 35.4. The average Bonchev–Trinajstić information content (AvgIpc) is 3.00. The van der Waals surface area contributed by atoms with Crippen LogP contribution in [0.15, 0.2) is 91.0 Å². The molecule has 0 radical (unpaired) electrons. The number of carboxylic acids is 2. The number of ether oxygens (including phenoxy) is 2. The van der Waals surface area contributed by atoms with Crippen molar-refractivity contribution in [1.82, 2.24) is 5.32 Å². The molecular weight excluding hydrogens is 553 g/mol. The van der Waals surface area contributed by atoms with Gasteiger partial charge in [-0.25, -0.2) is 4.39 Å². The molecular formula is C34H32FNO7. The number of nitrogens with one attached hydrogen (secondary N) is 1. The van der Waals surface area contributed by atoms with Gasteiger partial charge in [-0.05, 0) is 59.9 Å². The van der Waals surface area contributed by atoms with Crippen molar-refractivity contribution in [1.29, 1.82) is 0 Å². The second kappa shape index (κ2) is 15.2. The maximum atomic E-state index is 14.7. The van der Waals surface area contributed by atoms with Crippen LogP contribution in [0.2, 0.25) is 0 Å². The molecule has 0 aromatic heterocycles. The maximum Gasteiger partial charge on any atom is 0.303 e. The Balaban J connectivity index is 1.59. The second-order valence-corrected chi connectivity index (χ2v) is 9.82. The van der Waals surface area contributed by atoms with Crippen LogP contribution in [0, 0.1) is 5.82 Å². The Morgan fingerprint density at radius 2 is 1.53 bits per heavy atom. The molecule has 0 heterocycles. The summed E-state index contributed by atoms with van der Waals surface area (Å²) < 4.78 is 26.7. The number of carbonyl (C=O) groups excluding carboxylic acids is 1. The van der Waals surface area contributed by atoms with E-state index in [0.29, 0.717) is 46.7 Å². The molecule has 0 bridgehead atoms. The van der Waals surface area contributed by atoms with Crippen molar-refractivity contribution in [3.63, 3.8) is 0 Å². The molecule has 0 fully saturated rings. The normalized spacial score (nSPS) is 10.6. The van der Waals surface area contributed by atoms with Gasteiger partial charge in [0.2, 0.25) is 0 Å². The van der Waals surface area contributed by atoms with Crippen LogP contribution < -0.4 is 14.8 Å². The lowest BCUT2D eigenvalue weighted by molar-refractivity contribution is -0.138. The minimum absolute atomic E-state index is 0.0209. The van der Waals surface area contributed by atoms with E-state index in [4.69, 9.17) is 14.6 Å². The molecule has 0 spiro atoms. The molecule has 222 valence electrons. The van der Waals surface area contributed by atoms with Gasteiger partial charge in [0.25, 0.3) is 5.91 Å². The predicted octanol–water partition coefficient (Wildman–Crippen LogP) is 6.26. The third kappa shape index (κ3) is 9.16. The number of benzene rings is 4. The van der Waals surface area contributed by atoms with Gasteiger partial charge < -0.3 is 25.0 Å². The minimum Gasteiger partial charge on any atom is -0.493 e. The van der Waals surface area contributed by atoms with E-state index in [1.54, 1.807) is 54.6 Å². The monoisotopic (exact) mass is 585 g/mol. The van der Waals surface area contributed by atoms with Crippen LogP contribution in [-0.2, 0) is 29.2 Å². The number of hydrogen-bond acceptors (Lipinski definition) is 5. The van der Waals surface area contributed by atoms with Gasteiger partial charge in [0.05, 0.1) is 6.61 Å². The van der Waals surface area contributed by atoms with Crippen molar-refractivity contribution in [3.05, 3.63) is 119 Å². The standard InChI is InChI=1S/C34H32FNO7/c35-30-12-5-4-11-28(30)25-18-26(34(41)36-21-23-8-2-1-3-9-23)20-27(19-25)43-22-24-10-6-13-31(29(24)15-16-33(39)40)42-17-7-14-32(37)38/h1-6,8-13,18-20H,7,14-17,21-22H2,(H,36,41)(H,37,38)(H,39,40). The molecule has 0 aliphatic carbocycles. The van der Waals surface area contributed by atoms with Gasteiger partial charge >= 0.3 is 11.9 Å². The molecule has 4 aromatic carbocycles. The predicted molar refractivity (Wildman–Crippen MR) is 159 cm³/mol. The summed E-state index contributed by atoms with van der Waals surface area (Å²) in [5, 5.41) is 21.1. The highest BCUT2D eigenvalue weighted by atomic mass is 19.1. The molecule has 3 N–H and O–H groups in total. The lowest BCUT2D eigenvalue weighted by Gasteiger charge is -2.17. The number of carbonyl (C=O) groups is 3. The molecule has 0 aliphatic rings. The third-order valence-electron chi connectivity index (χ3n) is 6.66.